The van der Waals surface area contributed by atoms with Crippen molar-refractivity contribution in [3.8, 4) is 0 Å². The number of amides is 3. The molecule has 1 fully saturated rings. The minimum Gasteiger partial charge on any atom is -0.338 e. The standard InChI is InChI=1S/C18H22N4O2S2/c1-2-19-18(24)22-9-7-21(8-10-22)17(23)15-5-3-4-6-16(15)26-12-14-11-25-13-20-14/h3-6,11,13H,2,7-10,12H2,1H3,(H,19,24). The zero-order valence-corrected chi connectivity index (χ0v) is 16.3. The van der Waals surface area contributed by atoms with Crippen molar-refractivity contribution in [1.82, 2.24) is 20.1 Å². The molecule has 26 heavy (non-hydrogen) atoms. The third-order valence-electron chi connectivity index (χ3n) is 4.16. The van der Waals surface area contributed by atoms with E-state index in [1.807, 2.05) is 47.0 Å². The van der Waals surface area contributed by atoms with Crippen LogP contribution in [0.15, 0.2) is 40.1 Å². The highest BCUT2D eigenvalue weighted by atomic mass is 32.2. The van der Waals surface area contributed by atoms with E-state index in [1.165, 1.54) is 0 Å². The van der Waals surface area contributed by atoms with E-state index in [9.17, 15) is 9.59 Å². The number of piperazine rings is 1. The molecule has 1 aromatic heterocycles. The lowest BCUT2D eigenvalue weighted by Gasteiger charge is -2.35. The lowest BCUT2D eigenvalue weighted by molar-refractivity contribution is 0.0662. The highest BCUT2D eigenvalue weighted by Gasteiger charge is 2.25. The molecule has 1 N–H and O–H groups in total. The number of benzene rings is 1. The number of thiazole rings is 1. The van der Waals surface area contributed by atoms with Crippen LogP contribution in [0.1, 0.15) is 23.0 Å². The number of aromatic nitrogens is 1. The monoisotopic (exact) mass is 390 g/mol. The fourth-order valence-corrected chi connectivity index (χ4v) is 4.39. The van der Waals surface area contributed by atoms with Gasteiger partial charge < -0.3 is 15.1 Å². The van der Waals surface area contributed by atoms with Crippen LogP contribution in [0, 0.1) is 0 Å². The summed E-state index contributed by atoms with van der Waals surface area (Å²) in [5.41, 5.74) is 3.57. The van der Waals surface area contributed by atoms with Gasteiger partial charge in [-0.25, -0.2) is 9.78 Å². The Kier molecular flexibility index (Phi) is 6.51. The predicted octanol–water partition coefficient (Wildman–Crippen LogP) is 2.92. The van der Waals surface area contributed by atoms with Crippen molar-refractivity contribution in [3.63, 3.8) is 0 Å². The number of thioether (sulfide) groups is 1. The molecule has 0 radical (unpaired) electrons. The summed E-state index contributed by atoms with van der Waals surface area (Å²) in [4.78, 5) is 33.7. The van der Waals surface area contributed by atoms with Crippen molar-refractivity contribution >= 4 is 35.0 Å². The average Bonchev–Trinajstić information content (AvgIpc) is 3.20. The molecule has 3 rings (SSSR count). The van der Waals surface area contributed by atoms with E-state index in [0.717, 1.165) is 21.9 Å². The summed E-state index contributed by atoms with van der Waals surface area (Å²) in [6, 6.07) is 7.65. The summed E-state index contributed by atoms with van der Waals surface area (Å²) in [6.07, 6.45) is 0. The van der Waals surface area contributed by atoms with E-state index in [4.69, 9.17) is 0 Å². The first-order chi connectivity index (χ1) is 12.7. The van der Waals surface area contributed by atoms with Gasteiger partial charge >= 0.3 is 6.03 Å². The lowest BCUT2D eigenvalue weighted by Crippen LogP contribution is -2.53. The zero-order valence-electron chi connectivity index (χ0n) is 14.7. The molecular weight excluding hydrogens is 368 g/mol. The SMILES string of the molecule is CCNC(=O)N1CCN(C(=O)c2ccccc2SCc2cscn2)CC1. The Balaban J connectivity index is 1.62. The first kappa shape index (κ1) is 18.7. The van der Waals surface area contributed by atoms with Crippen molar-refractivity contribution in [1.29, 1.82) is 0 Å². The number of nitrogens with zero attached hydrogens (tertiary/aromatic N) is 3. The molecule has 8 heteroatoms. The topological polar surface area (TPSA) is 65.5 Å². The van der Waals surface area contributed by atoms with Gasteiger partial charge in [0.15, 0.2) is 0 Å². The van der Waals surface area contributed by atoms with Crippen molar-refractivity contribution in [3.05, 3.63) is 46.4 Å². The highest BCUT2D eigenvalue weighted by Crippen LogP contribution is 2.27. The first-order valence-electron chi connectivity index (χ1n) is 8.60. The number of carbonyl (C=O) groups is 2. The van der Waals surface area contributed by atoms with Crippen molar-refractivity contribution in [2.45, 2.75) is 17.6 Å². The van der Waals surface area contributed by atoms with Crippen LogP contribution in [0.4, 0.5) is 4.79 Å². The van der Waals surface area contributed by atoms with Crippen LogP contribution in [0.2, 0.25) is 0 Å². The minimum absolute atomic E-state index is 0.0296. The Morgan fingerprint density at radius 1 is 1.19 bits per heavy atom. The fraction of sp³-hybridized carbons (Fsp3) is 0.389. The van der Waals surface area contributed by atoms with Gasteiger partial charge in [0.1, 0.15) is 0 Å². The lowest BCUT2D eigenvalue weighted by atomic mass is 10.2. The number of rotatable bonds is 5. The van der Waals surface area contributed by atoms with Crippen molar-refractivity contribution in [2.24, 2.45) is 0 Å². The minimum atomic E-state index is -0.0567. The molecule has 0 atom stereocenters. The Bertz CT molecular complexity index is 743. The quantitative estimate of drug-likeness (QED) is 0.797. The van der Waals surface area contributed by atoms with Crippen LogP contribution >= 0.6 is 23.1 Å². The number of urea groups is 1. The molecule has 6 nitrogen and oxygen atoms in total. The normalized spacial score (nSPS) is 14.3. The van der Waals surface area contributed by atoms with E-state index >= 15 is 0 Å². The smallest absolute Gasteiger partial charge is 0.317 e. The third-order valence-corrected chi connectivity index (χ3v) is 5.90. The largest absolute Gasteiger partial charge is 0.338 e. The van der Waals surface area contributed by atoms with E-state index in [1.54, 1.807) is 28.0 Å². The summed E-state index contributed by atoms with van der Waals surface area (Å²) in [7, 11) is 0. The van der Waals surface area contributed by atoms with Crippen LogP contribution in [0.25, 0.3) is 0 Å². The van der Waals surface area contributed by atoms with Gasteiger partial charge in [0.2, 0.25) is 0 Å². The Morgan fingerprint density at radius 3 is 2.62 bits per heavy atom. The van der Waals surface area contributed by atoms with Gasteiger partial charge in [-0.1, -0.05) is 12.1 Å². The first-order valence-corrected chi connectivity index (χ1v) is 10.5. The maximum atomic E-state index is 13.0. The number of nitrogens with one attached hydrogen (secondary N) is 1. The summed E-state index contributed by atoms with van der Waals surface area (Å²) < 4.78 is 0. The van der Waals surface area contributed by atoms with E-state index in [-0.39, 0.29) is 11.9 Å². The number of hydrogen-bond acceptors (Lipinski definition) is 5. The molecule has 3 amide bonds. The number of carbonyl (C=O) groups excluding carboxylic acids is 2. The molecule has 0 saturated carbocycles. The van der Waals surface area contributed by atoms with Crippen LogP contribution in [0.3, 0.4) is 0 Å². The Labute approximate surface area is 161 Å². The van der Waals surface area contributed by atoms with Crippen LogP contribution < -0.4 is 5.32 Å². The molecule has 0 aliphatic carbocycles. The Morgan fingerprint density at radius 2 is 1.92 bits per heavy atom. The molecule has 0 bridgehead atoms. The molecule has 2 aromatic rings. The molecule has 1 aliphatic heterocycles. The van der Waals surface area contributed by atoms with Gasteiger partial charge in [-0.2, -0.15) is 0 Å². The molecule has 1 aliphatic rings. The molecule has 1 saturated heterocycles. The molecule has 138 valence electrons. The van der Waals surface area contributed by atoms with Crippen LogP contribution in [0.5, 0.6) is 0 Å². The summed E-state index contributed by atoms with van der Waals surface area (Å²) in [6.45, 7) is 4.75. The second-order valence-electron chi connectivity index (χ2n) is 5.88. The summed E-state index contributed by atoms with van der Waals surface area (Å²) in [5.74, 6) is 0.778. The van der Waals surface area contributed by atoms with Gasteiger partial charge in [-0.05, 0) is 19.1 Å². The summed E-state index contributed by atoms with van der Waals surface area (Å²) >= 11 is 3.21. The molecule has 0 spiro atoms. The molecule has 1 aromatic carbocycles. The van der Waals surface area contributed by atoms with E-state index in [0.29, 0.717) is 32.7 Å². The second kappa shape index (κ2) is 9.05. The molecule has 0 unspecified atom stereocenters. The van der Waals surface area contributed by atoms with E-state index < -0.39 is 0 Å². The third kappa shape index (κ3) is 4.56. The van der Waals surface area contributed by atoms with Crippen molar-refractivity contribution < 1.29 is 9.59 Å². The molecular formula is C18H22N4O2S2. The Hall–Kier alpha value is -2.06. The van der Waals surface area contributed by atoms with E-state index in [2.05, 4.69) is 10.3 Å². The van der Waals surface area contributed by atoms with Crippen LogP contribution in [-0.4, -0.2) is 59.4 Å². The highest BCUT2D eigenvalue weighted by molar-refractivity contribution is 7.98. The van der Waals surface area contributed by atoms with Gasteiger partial charge in [0, 0.05) is 48.8 Å². The summed E-state index contributed by atoms with van der Waals surface area (Å²) in [5, 5.41) is 4.83. The maximum Gasteiger partial charge on any atom is 0.317 e. The zero-order chi connectivity index (χ0) is 18.4. The van der Waals surface area contributed by atoms with Gasteiger partial charge in [0.25, 0.3) is 5.91 Å². The van der Waals surface area contributed by atoms with Gasteiger partial charge in [0.05, 0.1) is 16.8 Å². The van der Waals surface area contributed by atoms with Crippen molar-refractivity contribution in [2.75, 3.05) is 32.7 Å². The fourth-order valence-electron chi connectivity index (χ4n) is 2.78. The van der Waals surface area contributed by atoms with Crippen LogP contribution in [-0.2, 0) is 5.75 Å². The number of hydrogen-bond donors (Lipinski definition) is 1. The predicted molar refractivity (Wildman–Crippen MR) is 105 cm³/mol. The van der Waals surface area contributed by atoms with Gasteiger partial charge in [-0.15, -0.1) is 23.1 Å². The second-order valence-corrected chi connectivity index (χ2v) is 7.62. The molecule has 2 heterocycles. The maximum absolute atomic E-state index is 13.0. The average molecular weight is 391 g/mol. The van der Waals surface area contributed by atoms with Gasteiger partial charge in [-0.3, -0.25) is 4.79 Å².